The molecule has 0 N–H and O–H groups in total. The van der Waals surface area contributed by atoms with Crippen LogP contribution in [0.4, 0.5) is 0 Å². The van der Waals surface area contributed by atoms with Crippen molar-refractivity contribution in [2.75, 3.05) is 20.3 Å². The summed E-state index contributed by atoms with van der Waals surface area (Å²) in [6.07, 6.45) is -11.6. The summed E-state index contributed by atoms with van der Waals surface area (Å²) >= 11 is 0. The molecule has 14 nitrogen and oxygen atoms in total. The van der Waals surface area contributed by atoms with Gasteiger partial charge in [0.15, 0.2) is 30.9 Å². The van der Waals surface area contributed by atoms with E-state index in [1.54, 1.807) is 91.0 Å². The van der Waals surface area contributed by atoms with Gasteiger partial charge in [-0.25, -0.2) is 14.4 Å². The second-order valence-corrected chi connectivity index (χ2v) is 18.1. The van der Waals surface area contributed by atoms with Gasteiger partial charge in [-0.15, -0.1) is 0 Å². The molecule has 14 heteroatoms. The van der Waals surface area contributed by atoms with E-state index in [1.807, 2.05) is 121 Å². The lowest BCUT2D eigenvalue weighted by Crippen LogP contribution is -2.63. The van der Waals surface area contributed by atoms with Crippen LogP contribution in [-0.4, -0.2) is 99.6 Å². The Kier molecular flexibility index (Phi) is 19.3. The van der Waals surface area contributed by atoms with Gasteiger partial charge in [-0.05, 0) is 58.7 Å². The van der Waals surface area contributed by atoms with E-state index in [9.17, 15) is 14.4 Å². The third kappa shape index (κ3) is 14.5. The fourth-order valence-electron chi connectivity index (χ4n) is 8.96. The molecule has 2 fully saturated rings. The van der Waals surface area contributed by atoms with Gasteiger partial charge >= 0.3 is 17.9 Å². The van der Waals surface area contributed by atoms with Crippen molar-refractivity contribution in [1.82, 2.24) is 0 Å². The molecule has 0 bridgehead atoms. The zero-order valence-corrected chi connectivity index (χ0v) is 41.9. The molecule has 0 unspecified atom stereocenters. The minimum Gasteiger partial charge on any atom is -0.452 e. The summed E-state index contributed by atoms with van der Waals surface area (Å²) in [6, 6.07) is 64.0. The minimum atomic E-state index is -1.51. The molecule has 0 radical (unpaired) electrons. The third-order valence-corrected chi connectivity index (χ3v) is 12.9. The number of benzene rings is 7. The maximum Gasteiger partial charge on any atom is 0.338 e. The second kappa shape index (κ2) is 27.4. The molecular weight excluding hydrogens is 969 g/mol. The monoisotopic (exact) mass is 1030 g/mol. The molecule has 7 aromatic carbocycles. The quantitative estimate of drug-likeness (QED) is 0.0417. The normalized spacial score (nSPS) is 22.5. The van der Waals surface area contributed by atoms with E-state index >= 15 is 0 Å². The molecule has 9 rings (SSSR count). The molecule has 2 aliphatic rings. The molecule has 10 atom stereocenters. The van der Waals surface area contributed by atoms with E-state index in [-0.39, 0.29) is 49.7 Å². The van der Waals surface area contributed by atoms with Crippen molar-refractivity contribution in [2.24, 2.45) is 0 Å². The minimum absolute atomic E-state index is 0.103. The molecule has 392 valence electrons. The maximum absolute atomic E-state index is 14.2. The highest BCUT2D eigenvalue weighted by Crippen LogP contribution is 2.36. The molecule has 2 saturated heterocycles. The largest absolute Gasteiger partial charge is 0.452 e. The number of hydrogen-bond donors (Lipinski definition) is 0. The van der Waals surface area contributed by atoms with Crippen molar-refractivity contribution in [3.8, 4) is 0 Å². The number of methoxy groups -OCH3 is 1. The Morgan fingerprint density at radius 3 is 1.26 bits per heavy atom. The van der Waals surface area contributed by atoms with E-state index in [4.69, 9.17) is 52.1 Å². The van der Waals surface area contributed by atoms with Crippen LogP contribution >= 0.6 is 0 Å². The first-order chi connectivity index (χ1) is 37.4. The van der Waals surface area contributed by atoms with Crippen LogP contribution in [0, 0.1) is 0 Å². The molecule has 0 aromatic heterocycles. The van der Waals surface area contributed by atoms with Gasteiger partial charge in [-0.3, -0.25) is 0 Å². The van der Waals surface area contributed by atoms with Crippen LogP contribution in [0.25, 0.3) is 0 Å². The second-order valence-electron chi connectivity index (χ2n) is 18.1. The van der Waals surface area contributed by atoms with Gasteiger partial charge in [0.25, 0.3) is 0 Å². The summed E-state index contributed by atoms with van der Waals surface area (Å²) in [5.74, 6) is -2.32. The Balaban J connectivity index is 1.07. The van der Waals surface area contributed by atoms with E-state index < -0.39 is 79.3 Å². The third-order valence-electron chi connectivity index (χ3n) is 12.9. The van der Waals surface area contributed by atoms with Crippen molar-refractivity contribution in [1.29, 1.82) is 0 Å². The Bertz CT molecular complexity index is 2830. The molecular formula is C62H60O14. The van der Waals surface area contributed by atoms with Gasteiger partial charge in [-0.2, -0.15) is 0 Å². The lowest BCUT2D eigenvalue weighted by Gasteiger charge is -2.44. The molecule has 0 spiro atoms. The topological polar surface area (TPSA) is 153 Å². The summed E-state index contributed by atoms with van der Waals surface area (Å²) in [5, 5.41) is 0. The number of rotatable bonds is 24. The van der Waals surface area contributed by atoms with Gasteiger partial charge in [0, 0.05) is 7.11 Å². The summed E-state index contributed by atoms with van der Waals surface area (Å²) in [7, 11) is 1.36. The maximum atomic E-state index is 14.2. The first kappa shape index (κ1) is 53.5. The van der Waals surface area contributed by atoms with Crippen LogP contribution < -0.4 is 0 Å². The van der Waals surface area contributed by atoms with Crippen LogP contribution in [0.1, 0.15) is 53.3 Å². The van der Waals surface area contributed by atoms with Crippen molar-refractivity contribution in [3.63, 3.8) is 0 Å². The Hall–Kier alpha value is -7.37. The lowest BCUT2D eigenvalue weighted by atomic mass is 9.97. The first-order valence-electron chi connectivity index (χ1n) is 25.2. The fourth-order valence-corrected chi connectivity index (χ4v) is 8.96. The Morgan fingerprint density at radius 2 is 0.803 bits per heavy atom. The van der Waals surface area contributed by atoms with Crippen LogP contribution in [0.3, 0.4) is 0 Å². The van der Waals surface area contributed by atoms with E-state index in [2.05, 4.69) is 0 Å². The highest BCUT2D eigenvalue weighted by Gasteiger charge is 2.55. The first-order valence-corrected chi connectivity index (χ1v) is 25.2. The zero-order chi connectivity index (χ0) is 52.3. The lowest BCUT2D eigenvalue weighted by molar-refractivity contribution is -0.303. The molecule has 0 saturated carbocycles. The van der Waals surface area contributed by atoms with Gasteiger partial charge in [0.05, 0.1) is 56.3 Å². The Morgan fingerprint density at radius 1 is 0.408 bits per heavy atom. The number of carbonyl (C=O) groups excluding carboxylic acids is 3. The van der Waals surface area contributed by atoms with Crippen LogP contribution in [0.15, 0.2) is 212 Å². The molecule has 2 aliphatic heterocycles. The van der Waals surface area contributed by atoms with Crippen molar-refractivity contribution >= 4 is 17.9 Å². The number of esters is 3. The molecule has 0 aliphatic carbocycles. The summed E-state index contributed by atoms with van der Waals surface area (Å²) in [4.78, 5) is 42.2. The highest BCUT2D eigenvalue weighted by atomic mass is 16.8. The highest BCUT2D eigenvalue weighted by molar-refractivity contribution is 5.91. The van der Waals surface area contributed by atoms with E-state index in [0.717, 1.165) is 22.3 Å². The average molecular weight is 1030 g/mol. The standard InChI is InChI=1S/C62H60O14/c1-66-61-57(75-60(65)49-35-21-8-22-36-49)55(74-59(64)48-33-19-7-20-34-48)53(73-58(63)47-31-17-6-18-32-47)51(72-61)42-71-62-56(70-40-46-29-15-5-16-30-46)54(69-39-45-27-13-4-14-28-45)52(76-62)50(68-38-44-25-11-3-12-26-44)41-67-37-43-23-9-2-10-24-43/h2-36,50-57,61-62H,37-42H2,1H3/t50-,51-,52+,53-,54+,55+,56-,57-,61+,62+/m1/s1. The smallest absolute Gasteiger partial charge is 0.338 e. The molecule has 0 amide bonds. The van der Waals surface area contributed by atoms with Crippen molar-refractivity contribution in [2.45, 2.75) is 87.8 Å². The van der Waals surface area contributed by atoms with Crippen LogP contribution in [0.5, 0.6) is 0 Å². The number of carbonyl (C=O) groups is 3. The van der Waals surface area contributed by atoms with E-state index in [0.29, 0.717) is 6.61 Å². The van der Waals surface area contributed by atoms with E-state index in [1.165, 1.54) is 7.11 Å². The molecule has 2 heterocycles. The van der Waals surface area contributed by atoms with Gasteiger partial charge in [0.1, 0.15) is 30.5 Å². The van der Waals surface area contributed by atoms with Crippen molar-refractivity contribution in [3.05, 3.63) is 251 Å². The molecule has 76 heavy (non-hydrogen) atoms. The Labute approximate surface area is 442 Å². The predicted octanol–water partition coefficient (Wildman–Crippen LogP) is 9.75. The SMILES string of the molecule is CO[C@H]1O[C@H](CO[C@H]2O[C@@H]([C@@H](COCc3ccccc3)OCc3ccccc3)[C@H](OCc3ccccc3)[C@H]2OCc2ccccc2)[C@@H](OC(=O)c2ccccc2)[C@H](OC(=O)c2ccccc2)[C@H]1OC(=O)c1ccccc1. The summed E-state index contributed by atoms with van der Waals surface area (Å²) in [5.41, 5.74) is 4.33. The number of hydrogen-bond acceptors (Lipinski definition) is 14. The van der Waals surface area contributed by atoms with Gasteiger partial charge < -0.3 is 52.1 Å². The molecule has 7 aromatic rings. The average Bonchev–Trinajstić information content (AvgIpc) is 3.83. The van der Waals surface area contributed by atoms with Crippen molar-refractivity contribution < 1.29 is 66.5 Å². The zero-order valence-electron chi connectivity index (χ0n) is 41.9. The number of ether oxygens (including phenoxy) is 11. The van der Waals surface area contributed by atoms with Crippen LogP contribution in [-0.2, 0) is 78.5 Å². The fraction of sp³-hybridized carbons (Fsp3) is 0.274. The summed E-state index contributed by atoms with van der Waals surface area (Å²) < 4.78 is 71.9. The van der Waals surface area contributed by atoms with Gasteiger partial charge in [0.2, 0.25) is 0 Å². The summed E-state index contributed by atoms with van der Waals surface area (Å²) in [6.45, 7) is 0.625. The van der Waals surface area contributed by atoms with Gasteiger partial charge in [-0.1, -0.05) is 176 Å². The predicted molar refractivity (Wildman–Crippen MR) is 278 cm³/mol. The van der Waals surface area contributed by atoms with Crippen LogP contribution in [0.2, 0.25) is 0 Å².